The summed E-state index contributed by atoms with van der Waals surface area (Å²) in [6.45, 7) is 2.21. The number of carbonyl (C=O) groups excluding carboxylic acids is 1. The number of piperidine rings is 1. The molecule has 3 rings (SSSR count). The molecule has 21 heavy (non-hydrogen) atoms. The van der Waals surface area contributed by atoms with Crippen LogP contribution in [0, 0.1) is 0 Å². The molecule has 6 nitrogen and oxygen atoms in total. The van der Waals surface area contributed by atoms with E-state index in [0.29, 0.717) is 18.8 Å². The van der Waals surface area contributed by atoms with Gasteiger partial charge in [-0.15, -0.1) is 0 Å². The highest BCUT2D eigenvalue weighted by molar-refractivity contribution is 5.92. The van der Waals surface area contributed by atoms with Gasteiger partial charge in [0.15, 0.2) is 0 Å². The molecule has 0 unspecified atom stereocenters. The fourth-order valence-electron chi connectivity index (χ4n) is 3.47. The third-order valence-electron chi connectivity index (χ3n) is 4.69. The molecule has 116 valence electrons. The molecule has 0 bridgehead atoms. The molecule has 1 amide bonds. The van der Waals surface area contributed by atoms with E-state index in [9.17, 15) is 4.79 Å². The average Bonchev–Trinajstić information content (AvgIpc) is 2.94. The Morgan fingerprint density at radius 2 is 2.24 bits per heavy atom. The van der Waals surface area contributed by atoms with E-state index in [4.69, 9.17) is 9.47 Å². The van der Waals surface area contributed by atoms with Crippen molar-refractivity contribution in [2.45, 2.75) is 37.4 Å². The molecule has 0 aromatic carbocycles. The van der Waals surface area contributed by atoms with E-state index >= 15 is 0 Å². The Kier molecular flexibility index (Phi) is 3.99. The first-order chi connectivity index (χ1) is 10.1. The van der Waals surface area contributed by atoms with Gasteiger partial charge in [0.1, 0.15) is 5.69 Å². The number of imidazole rings is 1. The first kappa shape index (κ1) is 14.5. The Bertz CT molecular complexity index is 506. The van der Waals surface area contributed by atoms with Crippen molar-refractivity contribution in [1.82, 2.24) is 14.5 Å². The minimum absolute atomic E-state index is 0.00947. The van der Waals surface area contributed by atoms with Gasteiger partial charge in [0.2, 0.25) is 0 Å². The number of aryl methyl sites for hydroxylation is 1. The Hall–Kier alpha value is -1.40. The second-order valence-corrected chi connectivity index (χ2v) is 6.00. The minimum atomic E-state index is -0.200. The van der Waals surface area contributed by atoms with Gasteiger partial charge < -0.3 is 18.9 Å². The van der Waals surface area contributed by atoms with Crippen molar-refractivity contribution in [3.8, 4) is 0 Å². The fraction of sp³-hybridized carbons (Fsp3) is 0.733. The Labute approximate surface area is 125 Å². The van der Waals surface area contributed by atoms with Crippen LogP contribution >= 0.6 is 0 Å². The van der Waals surface area contributed by atoms with E-state index in [1.54, 1.807) is 24.2 Å². The highest BCUT2D eigenvalue weighted by atomic mass is 16.5. The lowest BCUT2D eigenvalue weighted by atomic mass is 9.82. The van der Waals surface area contributed by atoms with Gasteiger partial charge >= 0.3 is 0 Å². The van der Waals surface area contributed by atoms with Crippen molar-refractivity contribution < 1.29 is 14.3 Å². The van der Waals surface area contributed by atoms with E-state index < -0.39 is 0 Å². The number of ether oxygens (including phenoxy) is 2. The molecule has 6 heteroatoms. The van der Waals surface area contributed by atoms with Gasteiger partial charge in [-0.2, -0.15) is 0 Å². The number of amides is 1. The predicted molar refractivity (Wildman–Crippen MR) is 77.1 cm³/mol. The second kappa shape index (κ2) is 5.77. The molecule has 0 aliphatic carbocycles. The summed E-state index contributed by atoms with van der Waals surface area (Å²) in [5.74, 6) is 0.00947. The highest BCUT2D eigenvalue weighted by Crippen LogP contribution is 2.36. The summed E-state index contributed by atoms with van der Waals surface area (Å²) >= 11 is 0. The smallest absolute Gasteiger partial charge is 0.274 e. The molecule has 2 aliphatic heterocycles. The molecule has 0 radical (unpaired) electrons. The summed E-state index contributed by atoms with van der Waals surface area (Å²) in [7, 11) is 3.63. The van der Waals surface area contributed by atoms with Crippen LogP contribution in [0.1, 0.15) is 36.2 Å². The number of carbonyl (C=O) groups is 1. The third-order valence-corrected chi connectivity index (χ3v) is 4.69. The molecule has 2 fully saturated rings. The summed E-state index contributed by atoms with van der Waals surface area (Å²) in [4.78, 5) is 18.4. The molecular formula is C15H23N3O3. The predicted octanol–water partition coefficient (Wildman–Crippen LogP) is 1.22. The number of methoxy groups -OCH3 is 1. The average molecular weight is 293 g/mol. The molecule has 1 spiro atoms. The van der Waals surface area contributed by atoms with Crippen molar-refractivity contribution in [2.75, 3.05) is 26.8 Å². The fourth-order valence-corrected chi connectivity index (χ4v) is 3.47. The summed E-state index contributed by atoms with van der Waals surface area (Å²) in [6.07, 6.45) is 7.35. The van der Waals surface area contributed by atoms with Gasteiger partial charge in [-0.05, 0) is 25.7 Å². The number of rotatable bonds is 2. The quantitative estimate of drug-likeness (QED) is 0.823. The van der Waals surface area contributed by atoms with Gasteiger partial charge in [0.25, 0.3) is 5.91 Å². The molecule has 3 heterocycles. The standard InChI is InChI=1S/C15H23N3O3/c1-17-10-12(16-11-17)14(19)18-7-5-15(6-8-18)13(20-2)4-3-9-21-15/h10-11,13H,3-9H2,1-2H3/t13-/m1/s1. The largest absolute Gasteiger partial charge is 0.378 e. The maximum Gasteiger partial charge on any atom is 0.274 e. The molecular weight excluding hydrogens is 270 g/mol. The molecule has 1 aromatic rings. The summed E-state index contributed by atoms with van der Waals surface area (Å²) < 4.78 is 13.5. The minimum Gasteiger partial charge on any atom is -0.378 e. The van der Waals surface area contributed by atoms with Crippen molar-refractivity contribution in [3.63, 3.8) is 0 Å². The Balaban J connectivity index is 1.65. The summed E-state index contributed by atoms with van der Waals surface area (Å²) in [5.41, 5.74) is 0.315. The molecule has 2 saturated heterocycles. The maximum atomic E-state index is 12.4. The van der Waals surface area contributed by atoms with Gasteiger partial charge in [-0.1, -0.05) is 0 Å². The van der Waals surface area contributed by atoms with Gasteiger partial charge in [0.05, 0.1) is 18.0 Å². The number of likely N-dealkylation sites (tertiary alicyclic amines) is 1. The van der Waals surface area contributed by atoms with Crippen LogP contribution in [0.5, 0.6) is 0 Å². The molecule has 1 atom stereocenters. The maximum absolute atomic E-state index is 12.4. The van der Waals surface area contributed by atoms with Crippen LogP contribution in [-0.2, 0) is 16.5 Å². The Morgan fingerprint density at radius 1 is 1.48 bits per heavy atom. The first-order valence-corrected chi connectivity index (χ1v) is 7.59. The van der Waals surface area contributed by atoms with Gasteiger partial charge in [-0.25, -0.2) is 4.98 Å². The summed E-state index contributed by atoms with van der Waals surface area (Å²) in [5, 5.41) is 0. The van der Waals surface area contributed by atoms with Gasteiger partial charge in [0, 0.05) is 40.1 Å². The topological polar surface area (TPSA) is 56.6 Å². The van der Waals surface area contributed by atoms with Crippen LogP contribution < -0.4 is 0 Å². The monoisotopic (exact) mass is 293 g/mol. The zero-order chi connectivity index (χ0) is 14.9. The van der Waals surface area contributed by atoms with Crippen LogP contribution in [0.25, 0.3) is 0 Å². The Morgan fingerprint density at radius 3 is 2.86 bits per heavy atom. The summed E-state index contributed by atoms with van der Waals surface area (Å²) in [6, 6.07) is 0. The van der Waals surface area contributed by atoms with E-state index in [-0.39, 0.29) is 17.6 Å². The normalized spacial score (nSPS) is 25.2. The van der Waals surface area contributed by atoms with Gasteiger partial charge in [-0.3, -0.25) is 4.79 Å². The van der Waals surface area contributed by atoms with Crippen molar-refractivity contribution in [1.29, 1.82) is 0 Å². The molecule has 0 saturated carbocycles. The first-order valence-electron chi connectivity index (χ1n) is 7.59. The van der Waals surface area contributed by atoms with Crippen LogP contribution in [-0.4, -0.2) is 58.9 Å². The lowest BCUT2D eigenvalue weighted by Crippen LogP contribution is -2.56. The third kappa shape index (κ3) is 2.70. The lowest BCUT2D eigenvalue weighted by Gasteiger charge is -2.47. The van der Waals surface area contributed by atoms with Crippen LogP contribution in [0.3, 0.4) is 0 Å². The lowest BCUT2D eigenvalue weighted by molar-refractivity contribution is -0.183. The van der Waals surface area contributed by atoms with Crippen molar-refractivity contribution in [2.24, 2.45) is 7.05 Å². The number of hydrogen-bond acceptors (Lipinski definition) is 4. The molecule has 1 aromatic heterocycles. The van der Waals surface area contributed by atoms with Crippen LogP contribution in [0.2, 0.25) is 0 Å². The zero-order valence-corrected chi connectivity index (χ0v) is 12.7. The number of nitrogens with zero attached hydrogens (tertiary/aromatic N) is 3. The van der Waals surface area contributed by atoms with E-state index in [0.717, 1.165) is 32.3 Å². The SMILES string of the molecule is CO[C@@H]1CCCOC12CCN(C(=O)c1cn(C)cn1)CC2. The van der Waals surface area contributed by atoms with Crippen molar-refractivity contribution in [3.05, 3.63) is 18.2 Å². The molecule has 0 N–H and O–H groups in total. The number of aromatic nitrogens is 2. The van der Waals surface area contributed by atoms with Crippen LogP contribution in [0.4, 0.5) is 0 Å². The zero-order valence-electron chi connectivity index (χ0n) is 12.7. The molecule has 2 aliphatic rings. The second-order valence-electron chi connectivity index (χ2n) is 6.00. The number of hydrogen-bond donors (Lipinski definition) is 0. The van der Waals surface area contributed by atoms with E-state index in [2.05, 4.69) is 4.98 Å². The van der Waals surface area contributed by atoms with Crippen LogP contribution in [0.15, 0.2) is 12.5 Å². The van der Waals surface area contributed by atoms with E-state index in [1.165, 1.54) is 0 Å². The highest BCUT2D eigenvalue weighted by Gasteiger charge is 2.45. The van der Waals surface area contributed by atoms with E-state index in [1.807, 2.05) is 11.9 Å². The van der Waals surface area contributed by atoms with Crippen molar-refractivity contribution >= 4 is 5.91 Å².